The highest BCUT2D eigenvalue weighted by molar-refractivity contribution is 7.93. The first-order valence-corrected chi connectivity index (χ1v) is 8.46. The molecule has 2 aromatic heterocycles. The lowest BCUT2D eigenvalue weighted by Gasteiger charge is -2.09. The molecule has 0 aliphatic carbocycles. The largest absolute Gasteiger partial charge is 0.454 e. The van der Waals surface area contributed by atoms with Gasteiger partial charge in [0.15, 0.2) is 11.5 Å². The Morgan fingerprint density at radius 2 is 2.09 bits per heavy atom. The highest BCUT2D eigenvalue weighted by Crippen LogP contribution is 2.40. The number of hydrogen-bond acceptors (Lipinski definition) is 5. The minimum absolute atomic E-state index is 0.0591. The van der Waals surface area contributed by atoms with Crippen molar-refractivity contribution in [2.45, 2.75) is 4.90 Å². The number of halogens is 1. The zero-order chi connectivity index (χ0) is 16.0. The van der Waals surface area contributed by atoms with E-state index in [1.807, 2.05) is 0 Å². The van der Waals surface area contributed by atoms with Crippen LogP contribution in [-0.2, 0) is 10.0 Å². The third-order valence-corrected chi connectivity index (χ3v) is 5.01. The zero-order valence-electron chi connectivity index (χ0n) is 11.5. The van der Waals surface area contributed by atoms with E-state index < -0.39 is 10.0 Å². The standard InChI is InChI=1S/C14H10ClN3O4S/c15-12-5-4-8-11(6-16-14(8)17-12)23(19,20)18-9-2-1-3-10-13(9)22-7-21-10/h1-6,18H,7H2,(H,16,17). The van der Waals surface area contributed by atoms with Crippen molar-refractivity contribution in [2.75, 3.05) is 11.5 Å². The third kappa shape index (κ3) is 2.36. The molecule has 7 nitrogen and oxygen atoms in total. The molecule has 23 heavy (non-hydrogen) atoms. The molecule has 3 aromatic rings. The number of sulfonamides is 1. The second kappa shape index (κ2) is 5.04. The molecule has 0 amide bonds. The van der Waals surface area contributed by atoms with Gasteiger partial charge < -0.3 is 14.5 Å². The van der Waals surface area contributed by atoms with Gasteiger partial charge >= 0.3 is 0 Å². The molecule has 1 aliphatic heterocycles. The molecule has 3 heterocycles. The van der Waals surface area contributed by atoms with E-state index in [2.05, 4.69) is 14.7 Å². The van der Waals surface area contributed by atoms with Gasteiger partial charge in [0, 0.05) is 11.6 Å². The number of para-hydroxylation sites is 1. The summed E-state index contributed by atoms with van der Waals surface area (Å²) >= 11 is 5.81. The fourth-order valence-electron chi connectivity index (χ4n) is 2.39. The van der Waals surface area contributed by atoms with E-state index in [1.165, 1.54) is 12.3 Å². The predicted octanol–water partition coefficient (Wildman–Crippen LogP) is 2.75. The van der Waals surface area contributed by atoms with Crippen molar-refractivity contribution in [3.8, 4) is 11.5 Å². The summed E-state index contributed by atoms with van der Waals surface area (Å²) < 4.78 is 38.4. The molecule has 118 valence electrons. The molecule has 2 N–H and O–H groups in total. The molecule has 9 heteroatoms. The Balaban J connectivity index is 1.77. The van der Waals surface area contributed by atoms with E-state index in [0.29, 0.717) is 28.2 Å². The molecule has 0 atom stereocenters. The Bertz CT molecular complexity index is 1020. The van der Waals surface area contributed by atoms with E-state index in [1.54, 1.807) is 24.3 Å². The van der Waals surface area contributed by atoms with Crippen molar-refractivity contribution in [1.82, 2.24) is 9.97 Å². The van der Waals surface area contributed by atoms with Gasteiger partial charge in [-0.15, -0.1) is 0 Å². The van der Waals surface area contributed by atoms with Crippen molar-refractivity contribution in [3.05, 3.63) is 41.7 Å². The number of nitrogens with one attached hydrogen (secondary N) is 2. The van der Waals surface area contributed by atoms with Crippen LogP contribution in [0.3, 0.4) is 0 Å². The van der Waals surface area contributed by atoms with Crippen molar-refractivity contribution in [2.24, 2.45) is 0 Å². The van der Waals surface area contributed by atoms with Crippen LogP contribution >= 0.6 is 11.6 Å². The molecular formula is C14H10ClN3O4S. The summed E-state index contributed by atoms with van der Waals surface area (Å²) in [6.45, 7) is 0.0591. The maximum absolute atomic E-state index is 12.7. The maximum Gasteiger partial charge on any atom is 0.264 e. The average Bonchev–Trinajstić information content (AvgIpc) is 3.13. The Hall–Kier alpha value is -2.45. The molecule has 0 bridgehead atoms. The molecule has 0 unspecified atom stereocenters. The fraction of sp³-hybridized carbons (Fsp3) is 0.0714. The number of anilines is 1. The molecular weight excluding hydrogens is 342 g/mol. The Morgan fingerprint density at radius 1 is 1.22 bits per heavy atom. The number of rotatable bonds is 3. The van der Waals surface area contributed by atoms with Crippen molar-refractivity contribution in [3.63, 3.8) is 0 Å². The number of fused-ring (bicyclic) bond motifs is 2. The van der Waals surface area contributed by atoms with E-state index in [-0.39, 0.29) is 16.8 Å². The summed E-state index contributed by atoms with van der Waals surface area (Å²) in [5.74, 6) is 0.870. The molecule has 4 rings (SSSR count). The minimum atomic E-state index is -3.83. The number of hydrogen-bond donors (Lipinski definition) is 2. The van der Waals surface area contributed by atoms with Crippen molar-refractivity contribution >= 4 is 38.3 Å². The first kappa shape index (κ1) is 14.2. The second-order valence-electron chi connectivity index (χ2n) is 4.83. The summed E-state index contributed by atoms with van der Waals surface area (Å²) in [6, 6.07) is 8.13. The molecule has 0 radical (unpaired) electrons. The van der Waals surface area contributed by atoms with Crippen LogP contribution in [0.2, 0.25) is 5.15 Å². The highest BCUT2D eigenvalue weighted by atomic mass is 35.5. The number of pyridine rings is 1. The molecule has 0 spiro atoms. The van der Waals surface area contributed by atoms with Gasteiger partial charge in [-0.25, -0.2) is 13.4 Å². The Morgan fingerprint density at radius 3 is 2.96 bits per heavy atom. The van der Waals surface area contributed by atoms with Crippen molar-refractivity contribution in [1.29, 1.82) is 0 Å². The van der Waals surface area contributed by atoms with Gasteiger partial charge in [-0.3, -0.25) is 4.72 Å². The number of aromatic nitrogens is 2. The summed E-state index contributed by atoms with van der Waals surface area (Å²) in [5, 5.41) is 0.731. The van der Waals surface area contributed by atoms with Gasteiger partial charge in [-0.1, -0.05) is 17.7 Å². The number of benzene rings is 1. The van der Waals surface area contributed by atoms with E-state index in [4.69, 9.17) is 21.1 Å². The van der Waals surface area contributed by atoms with Gasteiger partial charge in [0.2, 0.25) is 6.79 Å². The van der Waals surface area contributed by atoms with Crippen LogP contribution in [0.1, 0.15) is 0 Å². The third-order valence-electron chi connectivity index (χ3n) is 3.40. The van der Waals surface area contributed by atoms with Crippen LogP contribution in [0.5, 0.6) is 11.5 Å². The summed E-state index contributed by atoms with van der Waals surface area (Å²) in [7, 11) is -3.83. The van der Waals surface area contributed by atoms with Gasteiger partial charge in [-0.05, 0) is 24.3 Å². The van der Waals surface area contributed by atoms with Gasteiger partial charge in [0.25, 0.3) is 10.0 Å². The Kier molecular flexibility index (Phi) is 3.10. The monoisotopic (exact) mass is 351 g/mol. The van der Waals surface area contributed by atoms with Crippen molar-refractivity contribution < 1.29 is 17.9 Å². The van der Waals surface area contributed by atoms with Crippen LogP contribution in [0.4, 0.5) is 5.69 Å². The molecule has 0 saturated heterocycles. The van der Waals surface area contributed by atoms with Gasteiger partial charge in [-0.2, -0.15) is 0 Å². The lowest BCUT2D eigenvalue weighted by molar-refractivity contribution is 0.174. The first-order valence-electron chi connectivity index (χ1n) is 6.60. The summed E-state index contributed by atoms with van der Waals surface area (Å²) in [6.07, 6.45) is 1.37. The lowest BCUT2D eigenvalue weighted by atomic mass is 10.3. The normalized spacial score (nSPS) is 13.4. The highest BCUT2D eigenvalue weighted by Gasteiger charge is 2.24. The van der Waals surface area contributed by atoms with Gasteiger partial charge in [0.1, 0.15) is 15.7 Å². The van der Waals surface area contributed by atoms with Crippen LogP contribution in [0, 0.1) is 0 Å². The number of aromatic amines is 1. The minimum Gasteiger partial charge on any atom is -0.454 e. The SMILES string of the molecule is O=S(=O)(Nc1cccc2c1OCO2)c1c[nH]c2nc(Cl)ccc12. The summed E-state index contributed by atoms with van der Waals surface area (Å²) in [4.78, 5) is 6.93. The number of ether oxygens (including phenoxy) is 2. The number of H-pyrrole nitrogens is 1. The summed E-state index contributed by atoms with van der Waals surface area (Å²) in [5.41, 5.74) is 0.715. The van der Waals surface area contributed by atoms with E-state index in [9.17, 15) is 8.42 Å². The predicted molar refractivity (Wildman–Crippen MR) is 84.5 cm³/mol. The zero-order valence-corrected chi connectivity index (χ0v) is 13.1. The second-order valence-corrected chi connectivity index (χ2v) is 6.87. The van der Waals surface area contributed by atoms with Crippen LogP contribution in [-0.4, -0.2) is 25.2 Å². The maximum atomic E-state index is 12.7. The van der Waals surface area contributed by atoms with E-state index in [0.717, 1.165) is 0 Å². The quantitative estimate of drug-likeness (QED) is 0.708. The van der Waals surface area contributed by atoms with Crippen LogP contribution < -0.4 is 14.2 Å². The van der Waals surface area contributed by atoms with Crippen LogP contribution in [0.25, 0.3) is 11.0 Å². The molecule has 0 saturated carbocycles. The number of nitrogens with zero attached hydrogens (tertiary/aromatic N) is 1. The Labute approximate surface area is 136 Å². The average molecular weight is 352 g/mol. The molecule has 1 aliphatic rings. The lowest BCUT2D eigenvalue weighted by Crippen LogP contribution is -2.13. The van der Waals surface area contributed by atoms with Gasteiger partial charge in [0.05, 0.1) is 5.69 Å². The topological polar surface area (TPSA) is 93.3 Å². The van der Waals surface area contributed by atoms with E-state index >= 15 is 0 Å². The fourth-order valence-corrected chi connectivity index (χ4v) is 3.76. The van der Waals surface area contributed by atoms with Crippen LogP contribution in [0.15, 0.2) is 41.4 Å². The molecule has 0 fully saturated rings. The smallest absolute Gasteiger partial charge is 0.264 e. The first-order chi connectivity index (χ1) is 11.0. The molecule has 1 aromatic carbocycles.